The molecule has 1 heterocycles. The summed E-state index contributed by atoms with van der Waals surface area (Å²) in [5.41, 5.74) is 1.83. The van der Waals surface area contributed by atoms with Gasteiger partial charge in [-0.05, 0) is 64.0 Å². The number of rotatable bonds is 5. The van der Waals surface area contributed by atoms with E-state index in [0.717, 1.165) is 0 Å². The number of hydrogen-bond acceptors (Lipinski definition) is 5. The maximum atomic E-state index is 12.1. The van der Waals surface area contributed by atoms with Gasteiger partial charge in [0.1, 0.15) is 11.5 Å². The third kappa shape index (κ3) is 4.46. The SMILES string of the molecule is COc1ccccc1/C(C#N)=C\c1cccc(OC(=O)c2ccc(Br)o2)c1. The number of benzene rings is 2. The molecule has 2 aromatic carbocycles. The molecule has 5 nitrogen and oxygen atoms in total. The molecular weight excluding hydrogens is 410 g/mol. The van der Waals surface area contributed by atoms with Crippen molar-refractivity contribution in [2.75, 3.05) is 7.11 Å². The zero-order chi connectivity index (χ0) is 19.2. The molecule has 0 radical (unpaired) electrons. The van der Waals surface area contributed by atoms with Crippen LogP contribution in [-0.4, -0.2) is 13.1 Å². The first-order valence-electron chi connectivity index (χ1n) is 7.93. The Morgan fingerprint density at radius 2 is 1.96 bits per heavy atom. The highest BCUT2D eigenvalue weighted by molar-refractivity contribution is 9.10. The van der Waals surface area contributed by atoms with Crippen LogP contribution in [0.4, 0.5) is 0 Å². The summed E-state index contributed by atoms with van der Waals surface area (Å²) in [7, 11) is 1.56. The summed E-state index contributed by atoms with van der Waals surface area (Å²) in [4.78, 5) is 12.1. The highest BCUT2D eigenvalue weighted by Crippen LogP contribution is 2.28. The maximum Gasteiger partial charge on any atom is 0.379 e. The van der Waals surface area contributed by atoms with E-state index in [-0.39, 0.29) is 5.76 Å². The van der Waals surface area contributed by atoms with Gasteiger partial charge in [-0.3, -0.25) is 0 Å². The van der Waals surface area contributed by atoms with Crippen LogP contribution in [0.15, 0.2) is 69.8 Å². The fourth-order valence-corrected chi connectivity index (χ4v) is 2.76. The summed E-state index contributed by atoms with van der Waals surface area (Å²) in [6.45, 7) is 0. The average Bonchev–Trinajstić information content (AvgIpc) is 3.13. The standard InChI is InChI=1S/C21H14BrNO4/c1-25-18-8-3-2-7-17(18)15(13-23)11-14-5-4-6-16(12-14)26-21(24)19-9-10-20(22)27-19/h2-12H,1H3/b15-11-. The highest BCUT2D eigenvalue weighted by Gasteiger charge is 2.13. The van der Waals surface area contributed by atoms with Crippen molar-refractivity contribution in [1.29, 1.82) is 5.26 Å². The van der Waals surface area contributed by atoms with Crippen molar-refractivity contribution in [3.8, 4) is 17.6 Å². The van der Waals surface area contributed by atoms with Gasteiger partial charge in [0, 0.05) is 5.56 Å². The van der Waals surface area contributed by atoms with Crippen LogP contribution in [0.1, 0.15) is 21.7 Å². The molecule has 1 aromatic heterocycles. The van der Waals surface area contributed by atoms with Crippen molar-refractivity contribution in [2.45, 2.75) is 0 Å². The van der Waals surface area contributed by atoms with Gasteiger partial charge in [0.15, 0.2) is 4.67 Å². The van der Waals surface area contributed by atoms with Crippen LogP contribution in [0.2, 0.25) is 0 Å². The van der Waals surface area contributed by atoms with Gasteiger partial charge in [-0.1, -0.05) is 24.3 Å². The molecule has 0 spiro atoms. The Morgan fingerprint density at radius 1 is 1.15 bits per heavy atom. The van der Waals surface area contributed by atoms with Crippen LogP contribution in [0.25, 0.3) is 11.6 Å². The summed E-state index contributed by atoms with van der Waals surface area (Å²) >= 11 is 3.14. The average molecular weight is 424 g/mol. The monoisotopic (exact) mass is 423 g/mol. The lowest BCUT2D eigenvalue weighted by Crippen LogP contribution is -2.07. The smallest absolute Gasteiger partial charge is 0.379 e. The second-order valence-electron chi connectivity index (χ2n) is 5.44. The Balaban J connectivity index is 1.87. The zero-order valence-electron chi connectivity index (χ0n) is 14.3. The molecule has 0 fully saturated rings. The van der Waals surface area contributed by atoms with Crippen molar-refractivity contribution < 1.29 is 18.7 Å². The number of nitriles is 1. The van der Waals surface area contributed by atoms with Gasteiger partial charge in [0.2, 0.25) is 5.76 Å². The molecule has 0 saturated heterocycles. The highest BCUT2D eigenvalue weighted by atomic mass is 79.9. The molecular formula is C21H14BrNO4. The van der Waals surface area contributed by atoms with E-state index in [2.05, 4.69) is 22.0 Å². The third-order valence-corrected chi connectivity index (χ3v) is 4.10. The van der Waals surface area contributed by atoms with Crippen molar-refractivity contribution in [3.05, 3.63) is 82.2 Å². The lowest BCUT2D eigenvalue weighted by molar-refractivity contribution is 0.0700. The topological polar surface area (TPSA) is 72.5 Å². The van der Waals surface area contributed by atoms with Gasteiger partial charge in [-0.15, -0.1) is 0 Å². The molecule has 6 heteroatoms. The molecule has 0 aliphatic heterocycles. The Morgan fingerprint density at radius 3 is 2.67 bits per heavy atom. The predicted octanol–water partition coefficient (Wildman–Crippen LogP) is 5.33. The van der Waals surface area contributed by atoms with Gasteiger partial charge >= 0.3 is 5.97 Å². The summed E-state index contributed by atoms with van der Waals surface area (Å²) in [5.74, 6) is 0.441. The first-order valence-corrected chi connectivity index (χ1v) is 8.73. The third-order valence-electron chi connectivity index (χ3n) is 3.67. The molecule has 0 atom stereocenters. The molecule has 0 unspecified atom stereocenters. The van der Waals surface area contributed by atoms with Crippen molar-refractivity contribution >= 4 is 33.5 Å². The number of furan rings is 1. The van der Waals surface area contributed by atoms with Crippen LogP contribution in [-0.2, 0) is 0 Å². The van der Waals surface area contributed by atoms with Crippen molar-refractivity contribution in [1.82, 2.24) is 0 Å². The number of hydrogen-bond donors (Lipinski definition) is 0. The molecule has 3 rings (SSSR count). The number of nitrogens with zero attached hydrogens (tertiary/aromatic N) is 1. The number of para-hydroxylation sites is 1. The van der Waals surface area contributed by atoms with Gasteiger partial charge < -0.3 is 13.9 Å². The van der Waals surface area contributed by atoms with E-state index in [1.807, 2.05) is 24.3 Å². The summed E-state index contributed by atoms with van der Waals surface area (Å²) < 4.78 is 16.3. The minimum absolute atomic E-state index is 0.0922. The number of ether oxygens (including phenoxy) is 2. The van der Waals surface area contributed by atoms with E-state index in [9.17, 15) is 10.1 Å². The fraction of sp³-hybridized carbons (Fsp3) is 0.0476. The van der Waals surface area contributed by atoms with Gasteiger partial charge in [-0.25, -0.2) is 4.79 Å². The number of carbonyl (C=O) groups excluding carboxylic acids is 1. The molecule has 0 saturated carbocycles. The number of carbonyl (C=O) groups is 1. The summed E-state index contributed by atoms with van der Waals surface area (Å²) in [6.07, 6.45) is 1.71. The molecule has 0 N–H and O–H groups in total. The van der Waals surface area contributed by atoms with Crippen LogP contribution in [0.3, 0.4) is 0 Å². The maximum absolute atomic E-state index is 12.1. The van der Waals surface area contributed by atoms with E-state index in [0.29, 0.717) is 32.9 Å². The minimum Gasteiger partial charge on any atom is -0.496 e. The Bertz CT molecular complexity index is 1050. The van der Waals surface area contributed by atoms with Gasteiger partial charge in [-0.2, -0.15) is 5.26 Å². The molecule has 0 bridgehead atoms. The molecule has 0 aliphatic carbocycles. The fourth-order valence-electron chi connectivity index (χ4n) is 2.45. The van der Waals surface area contributed by atoms with E-state index >= 15 is 0 Å². The Labute approximate surface area is 164 Å². The van der Waals surface area contributed by atoms with E-state index in [1.54, 1.807) is 43.5 Å². The van der Waals surface area contributed by atoms with Crippen LogP contribution >= 0.6 is 15.9 Å². The second-order valence-corrected chi connectivity index (χ2v) is 6.22. The van der Waals surface area contributed by atoms with Crippen molar-refractivity contribution in [2.24, 2.45) is 0 Å². The lowest BCUT2D eigenvalue weighted by atomic mass is 10.0. The van der Waals surface area contributed by atoms with E-state index < -0.39 is 5.97 Å². The van der Waals surface area contributed by atoms with Crippen LogP contribution < -0.4 is 9.47 Å². The Kier molecular flexibility index (Phi) is 5.74. The van der Waals surface area contributed by atoms with Crippen molar-refractivity contribution in [3.63, 3.8) is 0 Å². The van der Waals surface area contributed by atoms with E-state index in [4.69, 9.17) is 13.9 Å². The van der Waals surface area contributed by atoms with E-state index in [1.165, 1.54) is 6.07 Å². The molecule has 3 aromatic rings. The number of allylic oxidation sites excluding steroid dienone is 1. The van der Waals surface area contributed by atoms with Crippen LogP contribution in [0, 0.1) is 11.3 Å². The quantitative estimate of drug-likeness (QED) is 0.240. The largest absolute Gasteiger partial charge is 0.496 e. The molecule has 0 aliphatic rings. The lowest BCUT2D eigenvalue weighted by Gasteiger charge is -2.07. The molecule has 27 heavy (non-hydrogen) atoms. The molecule has 134 valence electrons. The first-order chi connectivity index (χ1) is 13.1. The Hall–Kier alpha value is -3.30. The van der Waals surface area contributed by atoms with Gasteiger partial charge in [0.25, 0.3) is 0 Å². The van der Waals surface area contributed by atoms with Gasteiger partial charge in [0.05, 0.1) is 18.8 Å². The predicted molar refractivity (Wildman–Crippen MR) is 104 cm³/mol. The minimum atomic E-state index is -0.605. The number of esters is 1. The van der Waals surface area contributed by atoms with Crippen LogP contribution in [0.5, 0.6) is 11.5 Å². The number of halogens is 1. The normalized spacial score (nSPS) is 10.9. The summed E-state index contributed by atoms with van der Waals surface area (Å²) in [5, 5.41) is 9.55. The number of methoxy groups -OCH3 is 1. The summed E-state index contributed by atoms with van der Waals surface area (Å²) in [6, 6.07) is 19.5. The first kappa shape index (κ1) is 18.5. The second kappa shape index (κ2) is 8.39. The zero-order valence-corrected chi connectivity index (χ0v) is 15.9. The molecule has 0 amide bonds.